The number of furan rings is 1. The number of rotatable bonds is 9. The van der Waals surface area contributed by atoms with Crippen molar-refractivity contribution in [1.29, 1.82) is 0 Å². The Morgan fingerprint density at radius 1 is 0.667 bits per heavy atom. The molecule has 0 spiro atoms. The van der Waals surface area contributed by atoms with Gasteiger partial charge in [-0.3, -0.25) is 4.98 Å². The number of hydrogen-bond acceptors (Lipinski definition) is 5. The van der Waals surface area contributed by atoms with E-state index in [-0.39, 0.29) is 20.1 Å². The van der Waals surface area contributed by atoms with E-state index in [9.17, 15) is 0 Å². The summed E-state index contributed by atoms with van der Waals surface area (Å²) in [5, 5.41) is 6.10. The summed E-state index contributed by atoms with van der Waals surface area (Å²) < 4.78 is 11.1. The molecule has 0 aliphatic heterocycles. The van der Waals surface area contributed by atoms with Gasteiger partial charge in [0, 0.05) is 47.8 Å². The molecule has 0 aliphatic carbocycles. The van der Waals surface area contributed by atoms with Crippen LogP contribution in [0, 0.1) is 25.0 Å². The third kappa shape index (κ3) is 9.16. The van der Waals surface area contributed by atoms with Crippen LogP contribution in [0.1, 0.15) is 75.8 Å². The minimum atomic E-state index is -1.46. The van der Waals surface area contributed by atoms with Crippen LogP contribution < -0.4 is 5.19 Å². The number of para-hydroxylation sites is 2. The number of benzene rings is 6. The van der Waals surface area contributed by atoms with E-state index in [1.54, 1.807) is 0 Å². The number of thiophene rings is 1. The zero-order valence-electron chi connectivity index (χ0n) is 41.2. The second-order valence-electron chi connectivity index (χ2n) is 20.2. The molecular formula is C61H58IrN4OSSi-2. The van der Waals surface area contributed by atoms with E-state index in [1.807, 2.05) is 36.5 Å². The number of pyridine rings is 2. The molecule has 349 valence electrons. The van der Waals surface area contributed by atoms with E-state index in [2.05, 4.69) is 204 Å². The number of aromatic nitrogens is 4. The molecule has 5 nitrogen and oxygen atoms in total. The molecule has 1 radical (unpaired) electrons. The Hall–Kier alpha value is -6.02. The van der Waals surface area contributed by atoms with Crippen LogP contribution in [0.15, 0.2) is 144 Å². The molecule has 69 heavy (non-hydrogen) atoms. The van der Waals surface area contributed by atoms with Crippen LogP contribution in [0.2, 0.25) is 19.6 Å². The van der Waals surface area contributed by atoms with Crippen LogP contribution >= 0.6 is 11.3 Å². The number of fused-ring (bicyclic) bond motifs is 7. The fourth-order valence-corrected chi connectivity index (χ4v) is 12.5. The number of hydrogen-bond donors (Lipinski definition) is 0. The van der Waals surface area contributed by atoms with E-state index in [1.165, 1.54) is 58.9 Å². The monoisotopic (exact) mass is 1120 g/mol. The first kappa shape index (κ1) is 48.0. The van der Waals surface area contributed by atoms with E-state index in [4.69, 9.17) is 14.4 Å². The van der Waals surface area contributed by atoms with Gasteiger partial charge in [0.2, 0.25) is 5.71 Å². The standard InChI is InChI=1S/C37H31N2S.C24H27N2OSi.Ir/c1-23(2)30-21-26(25-13-6-5-7-14-25)22-31(24(3)4)35(30)39-33-19-10-9-18-32(33)38-37(39)29-17-12-16-28-27-15-8-11-20-34(27)40-36(28)29;1-15(2)12-17-13-21(25-14-22(17)28(4,5)6)20-9-7-8-18-19-11-10-16(3)26-24(19)27-23(18)20;/h5-16,18-24H,1-4H3;7-8,10-11,13-15H,12H2,1-6H3;/q2*-1;. The van der Waals surface area contributed by atoms with E-state index < -0.39 is 8.07 Å². The fraction of sp³-hybridized carbons (Fsp3) is 0.230. The third-order valence-electron chi connectivity index (χ3n) is 13.0. The maximum atomic E-state index is 6.16. The maximum absolute atomic E-state index is 6.16. The molecule has 6 aromatic carbocycles. The van der Waals surface area contributed by atoms with Crippen molar-refractivity contribution >= 4 is 77.9 Å². The maximum Gasteiger partial charge on any atom is 0.216 e. The minimum Gasteiger partial charge on any atom is -0.486 e. The van der Waals surface area contributed by atoms with Crippen molar-refractivity contribution in [1.82, 2.24) is 19.5 Å². The molecule has 0 saturated carbocycles. The number of nitrogens with zero attached hydrogens (tertiary/aromatic N) is 4. The predicted molar refractivity (Wildman–Crippen MR) is 292 cm³/mol. The Kier molecular flexibility index (Phi) is 13.5. The molecule has 0 amide bonds. The molecule has 11 aromatic rings. The first-order valence-electron chi connectivity index (χ1n) is 24.0. The van der Waals surface area contributed by atoms with Crippen LogP contribution in [0.4, 0.5) is 0 Å². The van der Waals surface area contributed by atoms with Crippen molar-refractivity contribution in [2.75, 3.05) is 0 Å². The molecule has 0 saturated heterocycles. The van der Waals surface area contributed by atoms with Crippen molar-refractivity contribution in [3.63, 3.8) is 0 Å². The molecule has 11 rings (SSSR count). The zero-order valence-corrected chi connectivity index (χ0v) is 45.4. The fourth-order valence-electron chi connectivity index (χ4n) is 9.72. The summed E-state index contributed by atoms with van der Waals surface area (Å²) in [6, 6.07) is 54.3. The average molecular weight is 1120 g/mol. The molecular weight excluding hydrogens is 1060 g/mol. The van der Waals surface area contributed by atoms with Gasteiger partial charge in [-0.25, -0.2) is 4.98 Å². The summed E-state index contributed by atoms with van der Waals surface area (Å²) in [5.74, 6) is 2.21. The van der Waals surface area contributed by atoms with Crippen molar-refractivity contribution in [3.05, 3.63) is 174 Å². The van der Waals surface area contributed by atoms with Crippen molar-refractivity contribution in [3.8, 4) is 39.5 Å². The second kappa shape index (κ2) is 19.4. The third-order valence-corrected chi connectivity index (χ3v) is 16.3. The van der Waals surface area contributed by atoms with Gasteiger partial charge in [-0.2, -0.15) is 11.3 Å². The van der Waals surface area contributed by atoms with Gasteiger partial charge in [0.1, 0.15) is 0 Å². The van der Waals surface area contributed by atoms with Gasteiger partial charge in [-0.1, -0.05) is 155 Å². The first-order chi connectivity index (χ1) is 32.7. The molecule has 5 heterocycles. The second-order valence-corrected chi connectivity index (χ2v) is 26.3. The molecule has 0 aliphatic rings. The van der Waals surface area contributed by atoms with Crippen molar-refractivity contribution < 1.29 is 24.5 Å². The van der Waals surface area contributed by atoms with Crippen molar-refractivity contribution in [2.45, 2.75) is 86.4 Å². The summed E-state index contributed by atoms with van der Waals surface area (Å²) in [6.07, 6.45) is 3.16. The van der Waals surface area contributed by atoms with E-state index in [0.717, 1.165) is 62.1 Å². The minimum absolute atomic E-state index is 0. The summed E-state index contributed by atoms with van der Waals surface area (Å²) in [6.45, 7) is 22.9. The van der Waals surface area contributed by atoms with Crippen LogP contribution in [-0.2, 0) is 26.5 Å². The van der Waals surface area contributed by atoms with Gasteiger partial charge in [-0.15, -0.1) is 36.4 Å². The normalized spacial score (nSPS) is 12.0. The van der Waals surface area contributed by atoms with Crippen LogP contribution in [0.5, 0.6) is 0 Å². The Morgan fingerprint density at radius 3 is 2.04 bits per heavy atom. The van der Waals surface area contributed by atoms with Crippen LogP contribution in [0.3, 0.4) is 0 Å². The predicted octanol–water partition coefficient (Wildman–Crippen LogP) is 16.7. The topological polar surface area (TPSA) is 56.7 Å². The van der Waals surface area contributed by atoms with E-state index in [0.29, 0.717) is 23.5 Å². The SMILES string of the molecule is CC(C)c1cc(-c2ccccc2)cc(C(C)C)c1-n1c(-c2[c-]ccc3c2sc2ccccc23)nc2ccccc21.Cc1ccc2c(n1)oc1c(-c3cc(CC(C)C)c([Si](C)(C)C)cn3)[c-]ccc12.[Ir]. The largest absolute Gasteiger partial charge is 0.486 e. The first-order valence-corrected chi connectivity index (χ1v) is 28.3. The van der Waals surface area contributed by atoms with Gasteiger partial charge < -0.3 is 14.0 Å². The Bertz CT molecular complexity index is 3620. The average Bonchev–Trinajstić information content (AvgIpc) is 4.02. The van der Waals surface area contributed by atoms with Gasteiger partial charge in [0.05, 0.1) is 30.5 Å². The zero-order chi connectivity index (χ0) is 47.4. The molecule has 5 aromatic heterocycles. The molecule has 0 N–H and O–H groups in total. The van der Waals surface area contributed by atoms with Gasteiger partial charge in [0.15, 0.2) is 0 Å². The van der Waals surface area contributed by atoms with E-state index >= 15 is 0 Å². The number of imidazole rings is 1. The summed E-state index contributed by atoms with van der Waals surface area (Å²) >= 11 is 1.83. The molecule has 0 atom stereocenters. The van der Waals surface area contributed by atoms with Crippen LogP contribution in [0.25, 0.3) is 92.7 Å². The molecule has 0 unspecified atom stereocenters. The summed E-state index contributed by atoms with van der Waals surface area (Å²) in [5.41, 5.74) is 15.3. The summed E-state index contributed by atoms with van der Waals surface area (Å²) in [7, 11) is -1.46. The Balaban J connectivity index is 0.000000180. The van der Waals surface area contributed by atoms with Gasteiger partial charge in [0.25, 0.3) is 0 Å². The van der Waals surface area contributed by atoms with Gasteiger partial charge >= 0.3 is 0 Å². The summed E-state index contributed by atoms with van der Waals surface area (Å²) in [4.78, 5) is 14.7. The molecule has 8 heteroatoms. The Labute approximate surface area is 425 Å². The quantitative estimate of drug-likeness (QED) is 0.107. The number of aryl methyl sites for hydroxylation is 1. The smallest absolute Gasteiger partial charge is 0.216 e. The van der Waals surface area contributed by atoms with Gasteiger partial charge in [-0.05, 0) is 117 Å². The van der Waals surface area contributed by atoms with Crippen molar-refractivity contribution in [2.24, 2.45) is 5.92 Å². The Morgan fingerprint density at radius 2 is 1.33 bits per heavy atom. The molecule has 0 fully saturated rings. The van der Waals surface area contributed by atoms with Crippen LogP contribution in [-0.4, -0.2) is 27.6 Å². The molecule has 0 bridgehead atoms.